The highest BCUT2D eigenvalue weighted by Crippen LogP contribution is 2.39. The minimum atomic E-state index is -3.80. The summed E-state index contributed by atoms with van der Waals surface area (Å²) in [5.41, 5.74) is 2.37. The van der Waals surface area contributed by atoms with Gasteiger partial charge in [-0.3, -0.25) is 4.79 Å². The number of hydrogen-bond donors (Lipinski definition) is 1. The van der Waals surface area contributed by atoms with E-state index in [4.69, 9.17) is 4.74 Å². The zero-order valence-electron chi connectivity index (χ0n) is 18.3. The van der Waals surface area contributed by atoms with Crippen molar-refractivity contribution >= 4 is 38.2 Å². The summed E-state index contributed by atoms with van der Waals surface area (Å²) in [6.45, 7) is 4.19. The number of carbonyl (C=O) groups excluding carboxylic acids is 2. The normalized spacial score (nSPS) is 18.9. The van der Waals surface area contributed by atoms with E-state index in [1.807, 2.05) is 6.92 Å². The predicted molar refractivity (Wildman–Crippen MR) is 124 cm³/mol. The molecule has 2 aromatic rings. The molecule has 0 radical (unpaired) electrons. The first kappa shape index (κ1) is 22.9. The second-order valence-corrected chi connectivity index (χ2v) is 11.2. The van der Waals surface area contributed by atoms with Crippen molar-refractivity contribution in [3.63, 3.8) is 0 Å². The summed E-state index contributed by atoms with van der Waals surface area (Å²) in [4.78, 5) is 27.2. The molecule has 2 aliphatic rings. The Bertz CT molecular complexity index is 1120. The Morgan fingerprint density at radius 1 is 1.16 bits per heavy atom. The van der Waals surface area contributed by atoms with Gasteiger partial charge in [0.1, 0.15) is 11.0 Å². The lowest BCUT2D eigenvalue weighted by Crippen LogP contribution is -2.43. The van der Waals surface area contributed by atoms with Crippen LogP contribution < -0.4 is 5.32 Å². The molecule has 0 bridgehead atoms. The van der Waals surface area contributed by atoms with Crippen LogP contribution in [-0.2, 0) is 32.4 Å². The van der Waals surface area contributed by atoms with E-state index >= 15 is 0 Å². The van der Waals surface area contributed by atoms with E-state index < -0.39 is 27.9 Å². The molecule has 1 aliphatic heterocycles. The fraction of sp³-hybridized carbons (Fsp3) is 0.478. The molecular weight excluding hydrogens is 448 g/mol. The Kier molecular flexibility index (Phi) is 6.69. The first-order chi connectivity index (χ1) is 15.3. The topological polar surface area (TPSA) is 92.8 Å². The number of thiophene rings is 1. The van der Waals surface area contributed by atoms with Gasteiger partial charge in [0, 0.05) is 11.4 Å². The quantitative estimate of drug-likeness (QED) is 0.638. The van der Waals surface area contributed by atoms with Crippen LogP contribution in [0.15, 0.2) is 29.2 Å². The van der Waals surface area contributed by atoms with Gasteiger partial charge in [0.2, 0.25) is 15.9 Å². The average Bonchev–Trinajstić information content (AvgIpc) is 3.39. The van der Waals surface area contributed by atoms with Gasteiger partial charge < -0.3 is 10.1 Å². The number of esters is 1. The molecule has 1 aromatic carbocycles. The first-order valence-electron chi connectivity index (χ1n) is 11.0. The summed E-state index contributed by atoms with van der Waals surface area (Å²) >= 11 is 1.41. The minimum absolute atomic E-state index is 0.182. The molecule has 2 heterocycles. The zero-order valence-corrected chi connectivity index (χ0v) is 20.0. The largest absolute Gasteiger partial charge is 0.462 e. The smallest absolute Gasteiger partial charge is 0.341 e. The number of fused-ring (bicyclic) bond motifs is 1. The van der Waals surface area contributed by atoms with Crippen molar-refractivity contribution in [1.29, 1.82) is 0 Å². The minimum Gasteiger partial charge on any atom is -0.462 e. The summed E-state index contributed by atoms with van der Waals surface area (Å²) in [7, 11) is -3.80. The maximum absolute atomic E-state index is 13.2. The van der Waals surface area contributed by atoms with Crippen molar-refractivity contribution in [1.82, 2.24) is 4.31 Å². The van der Waals surface area contributed by atoms with Crippen LogP contribution in [0.5, 0.6) is 0 Å². The maximum atomic E-state index is 13.2. The van der Waals surface area contributed by atoms with E-state index in [-0.39, 0.29) is 11.5 Å². The zero-order chi connectivity index (χ0) is 22.9. The van der Waals surface area contributed by atoms with Crippen molar-refractivity contribution in [2.24, 2.45) is 0 Å². The molecule has 172 valence electrons. The molecule has 1 aliphatic carbocycles. The van der Waals surface area contributed by atoms with Crippen LogP contribution in [0.1, 0.15) is 59.0 Å². The Balaban J connectivity index is 1.60. The van der Waals surface area contributed by atoms with Crippen LogP contribution in [0.25, 0.3) is 0 Å². The summed E-state index contributed by atoms with van der Waals surface area (Å²) < 4.78 is 32.9. The van der Waals surface area contributed by atoms with Crippen LogP contribution in [0.3, 0.4) is 0 Å². The fourth-order valence-corrected chi connectivity index (χ4v) is 7.34. The second-order valence-electron chi connectivity index (χ2n) is 8.21. The van der Waals surface area contributed by atoms with Gasteiger partial charge in [0.25, 0.3) is 0 Å². The van der Waals surface area contributed by atoms with E-state index in [0.29, 0.717) is 30.0 Å². The van der Waals surface area contributed by atoms with Crippen molar-refractivity contribution in [2.45, 2.75) is 63.3 Å². The number of benzene rings is 1. The van der Waals surface area contributed by atoms with Crippen molar-refractivity contribution in [2.75, 3.05) is 18.5 Å². The van der Waals surface area contributed by atoms with Crippen LogP contribution in [0.4, 0.5) is 5.00 Å². The monoisotopic (exact) mass is 476 g/mol. The number of sulfonamides is 1. The van der Waals surface area contributed by atoms with Crippen LogP contribution >= 0.6 is 11.3 Å². The number of hydrogen-bond acceptors (Lipinski definition) is 6. The Hall–Kier alpha value is -2.23. The highest BCUT2D eigenvalue weighted by molar-refractivity contribution is 7.89. The number of anilines is 1. The second kappa shape index (κ2) is 9.33. The summed E-state index contributed by atoms with van der Waals surface area (Å²) in [5, 5.41) is 3.36. The number of rotatable bonds is 6. The molecule has 9 heteroatoms. The molecule has 1 aromatic heterocycles. The predicted octanol–water partition coefficient (Wildman–Crippen LogP) is 3.90. The maximum Gasteiger partial charge on any atom is 0.341 e. The third kappa shape index (κ3) is 4.33. The van der Waals surface area contributed by atoms with Gasteiger partial charge >= 0.3 is 5.97 Å². The summed E-state index contributed by atoms with van der Waals surface area (Å²) in [6.07, 6.45) is 4.75. The lowest BCUT2D eigenvalue weighted by atomic mass is 9.95. The van der Waals surface area contributed by atoms with Gasteiger partial charge in [-0.05, 0) is 70.1 Å². The third-order valence-electron chi connectivity index (χ3n) is 6.02. The third-order valence-corrected chi connectivity index (χ3v) is 9.15. The molecule has 1 N–H and O–H groups in total. The number of carbonyl (C=O) groups is 2. The number of aryl methyl sites for hydroxylation is 2. The molecule has 0 spiro atoms. The molecule has 1 fully saturated rings. The van der Waals surface area contributed by atoms with Crippen LogP contribution in [-0.4, -0.2) is 43.8 Å². The molecule has 7 nitrogen and oxygen atoms in total. The fourth-order valence-electron chi connectivity index (χ4n) is 4.40. The number of amides is 1. The highest BCUT2D eigenvalue weighted by Gasteiger charge is 2.40. The standard InChI is InChI=1S/C23H28N2O5S2/c1-3-30-23(27)20-17-7-4-5-9-19(17)31-22(20)24-21(26)18-8-6-14-25(18)32(28,29)16-12-10-15(2)11-13-16/h10-13,18H,3-9,14H2,1-2H3,(H,24,26)/t18-/m0/s1. The molecular formula is C23H28N2O5S2. The Morgan fingerprint density at radius 2 is 1.88 bits per heavy atom. The lowest BCUT2D eigenvalue weighted by Gasteiger charge is -2.23. The van der Waals surface area contributed by atoms with Gasteiger partial charge in [0.05, 0.1) is 17.1 Å². The molecule has 0 unspecified atom stereocenters. The van der Waals surface area contributed by atoms with Crippen molar-refractivity contribution in [3.8, 4) is 0 Å². The molecule has 1 atom stereocenters. The molecule has 32 heavy (non-hydrogen) atoms. The average molecular weight is 477 g/mol. The number of ether oxygens (including phenoxy) is 1. The molecule has 0 saturated carbocycles. The van der Waals surface area contributed by atoms with Crippen molar-refractivity contribution in [3.05, 3.63) is 45.8 Å². The van der Waals surface area contributed by atoms with E-state index in [0.717, 1.165) is 41.7 Å². The van der Waals surface area contributed by atoms with Crippen LogP contribution in [0, 0.1) is 6.92 Å². The van der Waals surface area contributed by atoms with E-state index in [2.05, 4.69) is 5.32 Å². The lowest BCUT2D eigenvalue weighted by molar-refractivity contribution is -0.119. The van der Waals surface area contributed by atoms with E-state index in [1.54, 1.807) is 31.2 Å². The Morgan fingerprint density at radius 3 is 2.59 bits per heavy atom. The van der Waals surface area contributed by atoms with Gasteiger partial charge in [-0.2, -0.15) is 4.31 Å². The van der Waals surface area contributed by atoms with Gasteiger partial charge in [-0.15, -0.1) is 11.3 Å². The molecule has 4 rings (SSSR count). The molecule has 1 amide bonds. The van der Waals surface area contributed by atoms with Gasteiger partial charge in [-0.25, -0.2) is 13.2 Å². The summed E-state index contributed by atoms with van der Waals surface area (Å²) in [6, 6.07) is 5.84. The Labute approximate surface area is 192 Å². The van der Waals surface area contributed by atoms with Crippen molar-refractivity contribution < 1.29 is 22.7 Å². The van der Waals surface area contributed by atoms with Crippen LogP contribution in [0.2, 0.25) is 0 Å². The SMILES string of the molecule is CCOC(=O)c1c(NC(=O)[C@@H]2CCCN2S(=O)(=O)c2ccc(C)cc2)sc2c1CCCC2. The van der Waals surface area contributed by atoms with E-state index in [9.17, 15) is 18.0 Å². The number of nitrogens with one attached hydrogen (secondary N) is 1. The number of nitrogens with zero attached hydrogens (tertiary/aromatic N) is 1. The highest BCUT2D eigenvalue weighted by atomic mass is 32.2. The van der Waals surface area contributed by atoms with E-state index in [1.165, 1.54) is 15.6 Å². The molecule has 1 saturated heterocycles. The van der Waals surface area contributed by atoms with Gasteiger partial charge in [0.15, 0.2) is 0 Å². The van der Waals surface area contributed by atoms with Gasteiger partial charge in [-0.1, -0.05) is 17.7 Å². The first-order valence-corrected chi connectivity index (χ1v) is 13.3. The summed E-state index contributed by atoms with van der Waals surface area (Å²) in [5.74, 6) is -0.833.